The van der Waals surface area contributed by atoms with Crippen molar-refractivity contribution in [1.82, 2.24) is 0 Å². The summed E-state index contributed by atoms with van der Waals surface area (Å²) >= 11 is 0. The second-order valence-electron chi connectivity index (χ2n) is 2.65. The summed E-state index contributed by atoms with van der Waals surface area (Å²) in [5.74, 6) is 0.609. The van der Waals surface area contributed by atoms with E-state index in [1.807, 2.05) is 0 Å². The third-order valence-electron chi connectivity index (χ3n) is 1.54. The van der Waals surface area contributed by atoms with Crippen molar-refractivity contribution in [3.8, 4) is 0 Å². The van der Waals surface area contributed by atoms with Crippen LogP contribution in [0.15, 0.2) is 12.2 Å². The minimum absolute atomic E-state index is 0.609. The lowest BCUT2D eigenvalue weighted by Crippen LogP contribution is -2.10. The van der Waals surface area contributed by atoms with Gasteiger partial charge in [-0.15, -0.1) is 0 Å². The molecule has 0 aromatic carbocycles. The summed E-state index contributed by atoms with van der Waals surface area (Å²) in [6, 6.07) is 0. The topological polar surface area (TPSA) is 26.0 Å². The molecule has 0 bridgehead atoms. The number of nitrogens with two attached hydrogens (primary N) is 1. The number of allylic oxidation sites excluding steroid dienone is 1. The molecule has 1 heteroatoms. The molecule has 0 aliphatic rings. The number of hydrogen-bond acceptors (Lipinski definition) is 1. The van der Waals surface area contributed by atoms with Crippen LogP contribution in [-0.2, 0) is 0 Å². The first-order valence-electron chi connectivity index (χ1n) is 3.57. The maximum absolute atomic E-state index is 5.43. The van der Waals surface area contributed by atoms with Crippen LogP contribution in [0.2, 0.25) is 0 Å². The first kappa shape index (κ1) is 8.70. The van der Waals surface area contributed by atoms with Gasteiger partial charge >= 0.3 is 0 Å². The van der Waals surface area contributed by atoms with Gasteiger partial charge in [0.2, 0.25) is 0 Å². The number of hydrogen-bond donors (Lipinski definition) is 1. The normalized spacial score (nSPS) is 13.2. The van der Waals surface area contributed by atoms with E-state index in [4.69, 9.17) is 5.73 Å². The fourth-order valence-electron chi connectivity index (χ4n) is 0.720. The van der Waals surface area contributed by atoms with E-state index in [0.29, 0.717) is 5.92 Å². The Morgan fingerprint density at radius 3 is 2.56 bits per heavy atom. The minimum atomic E-state index is 0.609. The fraction of sp³-hybridized carbons (Fsp3) is 0.750. The monoisotopic (exact) mass is 127 g/mol. The lowest BCUT2D eigenvalue weighted by Gasteiger charge is -2.07. The van der Waals surface area contributed by atoms with Gasteiger partial charge in [0.25, 0.3) is 0 Å². The first-order chi connectivity index (χ1) is 4.20. The zero-order valence-corrected chi connectivity index (χ0v) is 6.48. The SMILES string of the molecule is C=C(CC)CC(C)CN. The molecule has 0 aliphatic heterocycles. The molecule has 1 atom stereocenters. The van der Waals surface area contributed by atoms with Crippen molar-refractivity contribution < 1.29 is 0 Å². The second kappa shape index (κ2) is 4.57. The van der Waals surface area contributed by atoms with Crippen molar-refractivity contribution in [2.24, 2.45) is 11.7 Å². The highest BCUT2D eigenvalue weighted by atomic mass is 14.5. The molecule has 0 spiro atoms. The summed E-state index contributed by atoms with van der Waals surface area (Å²) in [5, 5.41) is 0. The predicted octanol–water partition coefficient (Wildman–Crippen LogP) is 1.94. The Balaban J connectivity index is 3.34. The minimum Gasteiger partial charge on any atom is -0.330 e. The maximum Gasteiger partial charge on any atom is -0.00484 e. The van der Waals surface area contributed by atoms with Gasteiger partial charge in [-0.25, -0.2) is 0 Å². The highest BCUT2D eigenvalue weighted by Crippen LogP contribution is 2.10. The quantitative estimate of drug-likeness (QED) is 0.574. The Morgan fingerprint density at radius 1 is 1.67 bits per heavy atom. The van der Waals surface area contributed by atoms with Crippen molar-refractivity contribution in [1.29, 1.82) is 0 Å². The molecule has 0 rings (SSSR count). The van der Waals surface area contributed by atoms with Gasteiger partial charge in [0.15, 0.2) is 0 Å². The van der Waals surface area contributed by atoms with Crippen LogP contribution in [0.1, 0.15) is 26.7 Å². The number of rotatable bonds is 4. The first-order valence-corrected chi connectivity index (χ1v) is 3.57. The summed E-state index contributed by atoms with van der Waals surface area (Å²) < 4.78 is 0. The van der Waals surface area contributed by atoms with E-state index in [1.54, 1.807) is 0 Å². The van der Waals surface area contributed by atoms with Gasteiger partial charge in [-0.3, -0.25) is 0 Å². The highest BCUT2D eigenvalue weighted by Gasteiger charge is 1.98. The van der Waals surface area contributed by atoms with Crippen molar-refractivity contribution in [2.75, 3.05) is 6.54 Å². The molecular weight excluding hydrogens is 110 g/mol. The van der Waals surface area contributed by atoms with E-state index in [-0.39, 0.29) is 0 Å². The molecule has 0 aromatic rings. The molecule has 2 N–H and O–H groups in total. The van der Waals surface area contributed by atoms with Crippen LogP contribution in [0, 0.1) is 5.92 Å². The van der Waals surface area contributed by atoms with E-state index >= 15 is 0 Å². The zero-order chi connectivity index (χ0) is 7.28. The third kappa shape index (κ3) is 4.22. The Bertz CT molecular complexity index is 86.6. The van der Waals surface area contributed by atoms with Crippen molar-refractivity contribution in [3.05, 3.63) is 12.2 Å². The lowest BCUT2D eigenvalue weighted by molar-refractivity contribution is 0.582. The molecule has 0 amide bonds. The molecule has 1 nitrogen and oxygen atoms in total. The van der Waals surface area contributed by atoms with Crippen molar-refractivity contribution >= 4 is 0 Å². The molecular formula is C8H17N. The Hall–Kier alpha value is -0.300. The van der Waals surface area contributed by atoms with Gasteiger partial charge in [0, 0.05) is 0 Å². The summed E-state index contributed by atoms with van der Waals surface area (Å²) in [7, 11) is 0. The zero-order valence-electron chi connectivity index (χ0n) is 6.48. The summed E-state index contributed by atoms with van der Waals surface area (Å²) in [5.41, 5.74) is 6.75. The van der Waals surface area contributed by atoms with Crippen LogP contribution in [0.5, 0.6) is 0 Å². The Kier molecular flexibility index (Phi) is 4.41. The van der Waals surface area contributed by atoms with Crippen LogP contribution < -0.4 is 5.73 Å². The van der Waals surface area contributed by atoms with Crippen LogP contribution >= 0.6 is 0 Å². The Labute approximate surface area is 57.9 Å². The van der Waals surface area contributed by atoms with Crippen molar-refractivity contribution in [2.45, 2.75) is 26.7 Å². The van der Waals surface area contributed by atoms with Gasteiger partial charge in [-0.1, -0.05) is 26.0 Å². The summed E-state index contributed by atoms with van der Waals surface area (Å²) in [4.78, 5) is 0. The van der Waals surface area contributed by atoms with Gasteiger partial charge in [0.05, 0.1) is 0 Å². The smallest absolute Gasteiger partial charge is 0.00484 e. The molecule has 0 aromatic heterocycles. The molecule has 0 fully saturated rings. The van der Waals surface area contributed by atoms with Gasteiger partial charge in [-0.05, 0) is 25.3 Å². The van der Waals surface area contributed by atoms with Gasteiger partial charge in [-0.2, -0.15) is 0 Å². The van der Waals surface area contributed by atoms with Crippen LogP contribution in [0.4, 0.5) is 0 Å². The third-order valence-corrected chi connectivity index (χ3v) is 1.54. The van der Waals surface area contributed by atoms with Gasteiger partial charge in [0.1, 0.15) is 0 Å². The predicted molar refractivity (Wildman–Crippen MR) is 42.3 cm³/mol. The molecule has 0 heterocycles. The molecule has 54 valence electrons. The summed E-state index contributed by atoms with van der Waals surface area (Å²) in [6.45, 7) is 8.97. The molecule has 0 saturated heterocycles. The largest absolute Gasteiger partial charge is 0.330 e. The molecule has 0 saturated carbocycles. The second-order valence-corrected chi connectivity index (χ2v) is 2.65. The molecule has 0 aliphatic carbocycles. The molecule has 1 unspecified atom stereocenters. The lowest BCUT2D eigenvalue weighted by atomic mass is 10.0. The van der Waals surface area contributed by atoms with E-state index in [2.05, 4.69) is 20.4 Å². The highest BCUT2D eigenvalue weighted by molar-refractivity contribution is 4.93. The van der Waals surface area contributed by atoms with E-state index in [1.165, 1.54) is 5.57 Å². The maximum atomic E-state index is 5.43. The average Bonchev–Trinajstić information content (AvgIpc) is 1.87. The van der Waals surface area contributed by atoms with E-state index in [9.17, 15) is 0 Å². The molecule has 9 heavy (non-hydrogen) atoms. The van der Waals surface area contributed by atoms with E-state index < -0.39 is 0 Å². The van der Waals surface area contributed by atoms with E-state index in [0.717, 1.165) is 19.4 Å². The standard InChI is InChI=1S/C8H17N/c1-4-7(2)5-8(3)6-9/h8H,2,4-6,9H2,1,3H3. The van der Waals surface area contributed by atoms with Gasteiger partial charge < -0.3 is 5.73 Å². The summed E-state index contributed by atoms with van der Waals surface area (Å²) in [6.07, 6.45) is 2.18. The van der Waals surface area contributed by atoms with Crippen molar-refractivity contribution in [3.63, 3.8) is 0 Å². The van der Waals surface area contributed by atoms with Crippen LogP contribution in [-0.4, -0.2) is 6.54 Å². The Morgan fingerprint density at radius 2 is 2.22 bits per heavy atom. The van der Waals surface area contributed by atoms with Crippen LogP contribution in [0.25, 0.3) is 0 Å². The molecule has 0 radical (unpaired) electrons. The fourth-order valence-corrected chi connectivity index (χ4v) is 0.720. The van der Waals surface area contributed by atoms with Crippen LogP contribution in [0.3, 0.4) is 0 Å². The average molecular weight is 127 g/mol.